The molecular formula is C18H29NS. The molecule has 1 aliphatic carbocycles. The predicted molar refractivity (Wildman–Crippen MR) is 91.7 cm³/mol. The molecule has 2 rings (SSSR count). The standard InChI is InChI=1S/C18H29NS/c1-4-19-18(13-20-16-8-6-5-7-9-16)17-12-14(2)10-11-15(17)3/h10-12,16,18-19H,4-9,13H2,1-3H3. The molecule has 2 heteroatoms. The summed E-state index contributed by atoms with van der Waals surface area (Å²) >= 11 is 2.19. The van der Waals surface area contributed by atoms with Gasteiger partial charge in [-0.15, -0.1) is 0 Å². The summed E-state index contributed by atoms with van der Waals surface area (Å²) in [6.07, 6.45) is 7.18. The molecule has 1 saturated carbocycles. The minimum atomic E-state index is 0.506. The molecule has 20 heavy (non-hydrogen) atoms. The molecule has 0 saturated heterocycles. The summed E-state index contributed by atoms with van der Waals surface area (Å²) in [7, 11) is 0. The van der Waals surface area contributed by atoms with Gasteiger partial charge in [0, 0.05) is 17.0 Å². The zero-order valence-corrected chi connectivity index (χ0v) is 14.1. The van der Waals surface area contributed by atoms with E-state index >= 15 is 0 Å². The summed E-state index contributed by atoms with van der Waals surface area (Å²) in [5.74, 6) is 1.21. The van der Waals surface area contributed by atoms with Gasteiger partial charge in [0.2, 0.25) is 0 Å². The molecule has 0 aromatic heterocycles. The van der Waals surface area contributed by atoms with Crippen molar-refractivity contribution in [1.29, 1.82) is 0 Å². The maximum atomic E-state index is 3.69. The third-order valence-electron chi connectivity index (χ3n) is 4.31. The first-order chi connectivity index (χ1) is 9.70. The summed E-state index contributed by atoms with van der Waals surface area (Å²) in [6, 6.07) is 7.35. The quantitative estimate of drug-likeness (QED) is 0.790. The summed E-state index contributed by atoms with van der Waals surface area (Å²) in [6.45, 7) is 7.69. The zero-order chi connectivity index (χ0) is 14.4. The van der Waals surface area contributed by atoms with E-state index in [4.69, 9.17) is 0 Å². The van der Waals surface area contributed by atoms with Crippen LogP contribution in [0, 0.1) is 13.8 Å². The van der Waals surface area contributed by atoms with Crippen molar-refractivity contribution in [3.8, 4) is 0 Å². The normalized spacial score (nSPS) is 18.1. The number of benzene rings is 1. The van der Waals surface area contributed by atoms with Crippen molar-refractivity contribution < 1.29 is 0 Å². The number of hydrogen-bond acceptors (Lipinski definition) is 2. The number of thioether (sulfide) groups is 1. The van der Waals surface area contributed by atoms with Crippen molar-refractivity contribution >= 4 is 11.8 Å². The molecule has 1 aromatic carbocycles. The van der Waals surface area contributed by atoms with Crippen LogP contribution in [0.3, 0.4) is 0 Å². The molecule has 1 aromatic rings. The van der Waals surface area contributed by atoms with Gasteiger partial charge < -0.3 is 5.32 Å². The van der Waals surface area contributed by atoms with Gasteiger partial charge in [0.05, 0.1) is 0 Å². The summed E-state index contributed by atoms with van der Waals surface area (Å²) in [4.78, 5) is 0. The second-order valence-electron chi connectivity index (χ2n) is 6.06. The van der Waals surface area contributed by atoms with Gasteiger partial charge in [-0.05, 0) is 44.4 Å². The largest absolute Gasteiger partial charge is 0.310 e. The van der Waals surface area contributed by atoms with Crippen LogP contribution in [0.5, 0.6) is 0 Å². The minimum absolute atomic E-state index is 0.506. The molecule has 1 N–H and O–H groups in total. The van der Waals surface area contributed by atoms with Crippen LogP contribution in [0.2, 0.25) is 0 Å². The monoisotopic (exact) mass is 291 g/mol. The molecule has 0 spiro atoms. The lowest BCUT2D eigenvalue weighted by molar-refractivity contribution is 0.514. The Morgan fingerprint density at radius 2 is 1.95 bits per heavy atom. The van der Waals surface area contributed by atoms with Crippen molar-refractivity contribution in [3.05, 3.63) is 34.9 Å². The summed E-state index contributed by atoms with van der Waals surface area (Å²) in [5.41, 5.74) is 4.29. The van der Waals surface area contributed by atoms with E-state index in [1.165, 1.54) is 54.5 Å². The molecule has 1 aliphatic rings. The van der Waals surface area contributed by atoms with Gasteiger partial charge in [-0.25, -0.2) is 0 Å². The number of aryl methyl sites for hydroxylation is 2. The van der Waals surface area contributed by atoms with Gasteiger partial charge in [0.1, 0.15) is 0 Å². The van der Waals surface area contributed by atoms with Crippen molar-refractivity contribution in [1.82, 2.24) is 5.32 Å². The van der Waals surface area contributed by atoms with Crippen molar-refractivity contribution in [3.63, 3.8) is 0 Å². The molecule has 1 atom stereocenters. The van der Waals surface area contributed by atoms with Crippen molar-refractivity contribution in [2.75, 3.05) is 12.3 Å². The molecule has 0 heterocycles. The average molecular weight is 292 g/mol. The van der Waals surface area contributed by atoms with Crippen LogP contribution in [-0.4, -0.2) is 17.5 Å². The third kappa shape index (κ3) is 4.53. The molecule has 1 unspecified atom stereocenters. The molecule has 0 bridgehead atoms. The van der Waals surface area contributed by atoms with E-state index in [9.17, 15) is 0 Å². The van der Waals surface area contributed by atoms with E-state index in [0.29, 0.717) is 6.04 Å². The molecule has 0 aliphatic heterocycles. The van der Waals surface area contributed by atoms with E-state index in [1.54, 1.807) is 0 Å². The molecule has 1 fully saturated rings. The van der Waals surface area contributed by atoms with Gasteiger partial charge in [0.25, 0.3) is 0 Å². The highest BCUT2D eigenvalue weighted by Gasteiger charge is 2.18. The third-order valence-corrected chi connectivity index (χ3v) is 5.78. The Kier molecular flexibility index (Phi) is 6.44. The van der Waals surface area contributed by atoms with Gasteiger partial charge in [-0.2, -0.15) is 11.8 Å². The van der Waals surface area contributed by atoms with E-state index in [2.05, 4.69) is 56.0 Å². The van der Waals surface area contributed by atoms with Crippen LogP contribution >= 0.6 is 11.8 Å². The molecule has 0 radical (unpaired) electrons. The van der Waals surface area contributed by atoms with E-state index in [1.807, 2.05) is 0 Å². The van der Waals surface area contributed by atoms with Crippen LogP contribution in [-0.2, 0) is 0 Å². The Bertz CT molecular complexity index is 410. The fourth-order valence-corrected chi connectivity index (χ4v) is 4.53. The highest BCUT2D eigenvalue weighted by Crippen LogP contribution is 2.31. The number of rotatable bonds is 6. The first kappa shape index (κ1) is 15.9. The lowest BCUT2D eigenvalue weighted by Crippen LogP contribution is -2.25. The molecule has 0 amide bonds. The molecular weight excluding hydrogens is 262 g/mol. The summed E-state index contributed by atoms with van der Waals surface area (Å²) < 4.78 is 0. The second kappa shape index (κ2) is 8.09. The fourth-order valence-electron chi connectivity index (χ4n) is 3.10. The maximum absolute atomic E-state index is 3.69. The average Bonchev–Trinajstić information content (AvgIpc) is 2.47. The highest BCUT2D eigenvalue weighted by atomic mass is 32.2. The Morgan fingerprint density at radius 1 is 1.20 bits per heavy atom. The van der Waals surface area contributed by atoms with Crippen molar-refractivity contribution in [2.24, 2.45) is 0 Å². The van der Waals surface area contributed by atoms with Gasteiger partial charge in [0.15, 0.2) is 0 Å². The first-order valence-electron chi connectivity index (χ1n) is 8.13. The lowest BCUT2D eigenvalue weighted by atomic mass is 10.00. The SMILES string of the molecule is CCNC(CSC1CCCCC1)c1cc(C)ccc1C. The Balaban J connectivity index is 2.00. The topological polar surface area (TPSA) is 12.0 Å². The van der Waals surface area contributed by atoms with Gasteiger partial charge in [-0.1, -0.05) is 49.9 Å². The minimum Gasteiger partial charge on any atom is -0.310 e. The summed E-state index contributed by atoms with van der Waals surface area (Å²) in [5, 5.41) is 4.58. The first-order valence-corrected chi connectivity index (χ1v) is 9.17. The van der Waals surface area contributed by atoms with Gasteiger partial charge in [-0.3, -0.25) is 0 Å². The van der Waals surface area contributed by atoms with Crippen molar-refractivity contribution in [2.45, 2.75) is 64.2 Å². The number of hydrogen-bond donors (Lipinski definition) is 1. The number of nitrogens with one attached hydrogen (secondary N) is 1. The van der Waals surface area contributed by atoms with E-state index in [0.717, 1.165) is 11.8 Å². The molecule has 1 nitrogen and oxygen atoms in total. The van der Waals surface area contributed by atoms with Crippen LogP contribution in [0.25, 0.3) is 0 Å². The highest BCUT2D eigenvalue weighted by molar-refractivity contribution is 7.99. The predicted octanol–water partition coefficient (Wildman–Crippen LogP) is 5.02. The van der Waals surface area contributed by atoms with E-state index < -0.39 is 0 Å². The Morgan fingerprint density at radius 3 is 2.65 bits per heavy atom. The second-order valence-corrected chi connectivity index (χ2v) is 7.40. The van der Waals surface area contributed by atoms with Crippen LogP contribution < -0.4 is 5.32 Å². The Hall–Kier alpha value is -0.470. The van der Waals surface area contributed by atoms with Crippen LogP contribution in [0.1, 0.15) is 61.8 Å². The fraction of sp³-hybridized carbons (Fsp3) is 0.667. The molecule has 112 valence electrons. The van der Waals surface area contributed by atoms with E-state index in [-0.39, 0.29) is 0 Å². The Labute approximate surface area is 128 Å². The van der Waals surface area contributed by atoms with Crippen LogP contribution in [0.15, 0.2) is 18.2 Å². The maximum Gasteiger partial charge on any atom is 0.0414 e. The lowest BCUT2D eigenvalue weighted by Gasteiger charge is -2.25. The zero-order valence-electron chi connectivity index (χ0n) is 13.2. The van der Waals surface area contributed by atoms with Gasteiger partial charge >= 0.3 is 0 Å². The van der Waals surface area contributed by atoms with Crippen LogP contribution in [0.4, 0.5) is 0 Å². The smallest absolute Gasteiger partial charge is 0.0414 e.